The van der Waals surface area contributed by atoms with Gasteiger partial charge >= 0.3 is 6.18 Å². The number of hydrogen-bond acceptors (Lipinski definition) is 6. The number of anilines is 1. The summed E-state index contributed by atoms with van der Waals surface area (Å²) in [6.45, 7) is 1.82. The fourth-order valence-electron chi connectivity index (χ4n) is 2.15. The van der Waals surface area contributed by atoms with Gasteiger partial charge in [-0.05, 0) is 24.6 Å². The van der Waals surface area contributed by atoms with E-state index in [0.29, 0.717) is 30.5 Å². The summed E-state index contributed by atoms with van der Waals surface area (Å²) in [6.07, 6.45) is -2.99. The Hall–Kier alpha value is -2.43. The smallest absolute Gasteiger partial charge is 0.417 e. The van der Waals surface area contributed by atoms with Crippen molar-refractivity contribution >= 4 is 23.3 Å². The number of amides is 1. The maximum Gasteiger partial charge on any atom is 0.417 e. The van der Waals surface area contributed by atoms with Crippen LogP contribution in [-0.4, -0.2) is 34.1 Å². The summed E-state index contributed by atoms with van der Waals surface area (Å²) in [4.78, 5) is 18.6. The quantitative estimate of drug-likeness (QED) is 0.450. The van der Waals surface area contributed by atoms with Crippen molar-refractivity contribution in [2.45, 2.75) is 25.7 Å². The number of pyridine rings is 2. The second-order valence-corrected chi connectivity index (χ2v) is 6.13. The Kier molecular flexibility index (Phi) is 7.55. The molecule has 1 atom stereocenters. The molecule has 2 aromatic heterocycles. The normalized spacial score (nSPS) is 12.5. The molecule has 0 aliphatic rings. The van der Waals surface area contributed by atoms with Gasteiger partial charge < -0.3 is 15.2 Å². The number of aromatic nitrogens is 2. The minimum atomic E-state index is -4.53. The molecule has 2 aromatic rings. The van der Waals surface area contributed by atoms with Crippen LogP contribution < -0.4 is 15.4 Å². The van der Waals surface area contributed by atoms with Crippen molar-refractivity contribution in [3.8, 4) is 5.88 Å². The second kappa shape index (κ2) is 9.67. The van der Waals surface area contributed by atoms with Gasteiger partial charge in [0.2, 0.25) is 11.8 Å². The predicted molar refractivity (Wildman–Crippen MR) is 95.9 cm³/mol. The van der Waals surface area contributed by atoms with Gasteiger partial charge in [-0.1, -0.05) is 11.6 Å². The van der Waals surface area contributed by atoms with Crippen molar-refractivity contribution in [3.63, 3.8) is 0 Å². The molecule has 0 saturated heterocycles. The van der Waals surface area contributed by atoms with Crippen LogP contribution in [0.4, 0.5) is 19.0 Å². The maximum atomic E-state index is 12.6. The average molecular weight is 419 g/mol. The van der Waals surface area contributed by atoms with Crippen LogP contribution in [0.1, 0.15) is 30.7 Å². The van der Waals surface area contributed by atoms with E-state index in [4.69, 9.17) is 16.3 Å². The highest BCUT2D eigenvalue weighted by molar-refractivity contribution is 6.31. The number of halogens is 4. The molecule has 0 radical (unpaired) electrons. The molecule has 11 heteroatoms. The largest absolute Gasteiger partial charge is 0.477 e. The number of aliphatic hydroxyl groups is 1. The predicted octanol–water partition coefficient (Wildman–Crippen LogP) is 3.16. The van der Waals surface area contributed by atoms with E-state index in [1.165, 1.54) is 19.2 Å². The molecule has 0 saturated carbocycles. The molecule has 0 aliphatic heterocycles. The Balaban J connectivity index is 1.78. The van der Waals surface area contributed by atoms with Crippen LogP contribution in [0.5, 0.6) is 5.88 Å². The molecule has 0 aliphatic carbocycles. The zero-order valence-corrected chi connectivity index (χ0v) is 15.5. The molecule has 2 heterocycles. The van der Waals surface area contributed by atoms with Gasteiger partial charge in [0.15, 0.2) is 0 Å². The third-order valence-electron chi connectivity index (χ3n) is 3.44. The van der Waals surface area contributed by atoms with Crippen molar-refractivity contribution in [1.82, 2.24) is 15.3 Å². The summed E-state index contributed by atoms with van der Waals surface area (Å²) in [5.74, 6) is -0.0544. The highest BCUT2D eigenvalue weighted by Gasteiger charge is 2.31. The summed E-state index contributed by atoms with van der Waals surface area (Å²) >= 11 is 5.75. The number of aliphatic hydroxyl groups excluding tert-OH is 1. The SMILES string of the molecule is CC(=O)Nc1cc(C(O)NCCCOc2ncc(C(F)(F)F)cc2Cl)ccn1. The molecular formula is C17H18ClF3N4O3. The molecular weight excluding hydrogens is 401 g/mol. The number of carbonyl (C=O) groups excluding carboxylic acids is 1. The van der Waals surface area contributed by atoms with E-state index in [0.717, 1.165) is 6.07 Å². The lowest BCUT2D eigenvalue weighted by atomic mass is 10.2. The third-order valence-corrected chi connectivity index (χ3v) is 3.71. The van der Waals surface area contributed by atoms with E-state index in [9.17, 15) is 23.1 Å². The molecule has 152 valence electrons. The lowest BCUT2D eigenvalue weighted by molar-refractivity contribution is -0.137. The Morgan fingerprint density at radius 3 is 2.75 bits per heavy atom. The lowest BCUT2D eigenvalue weighted by Gasteiger charge is -2.14. The first kappa shape index (κ1) is 21.9. The van der Waals surface area contributed by atoms with Gasteiger partial charge in [0.25, 0.3) is 0 Å². The number of alkyl halides is 3. The van der Waals surface area contributed by atoms with Crippen LogP contribution in [0.2, 0.25) is 5.02 Å². The lowest BCUT2D eigenvalue weighted by Crippen LogP contribution is -2.23. The Bertz CT molecular complexity index is 820. The van der Waals surface area contributed by atoms with Crippen molar-refractivity contribution in [2.24, 2.45) is 0 Å². The molecule has 3 N–H and O–H groups in total. The van der Waals surface area contributed by atoms with E-state index < -0.39 is 18.0 Å². The van der Waals surface area contributed by atoms with Crippen molar-refractivity contribution in [1.29, 1.82) is 0 Å². The van der Waals surface area contributed by atoms with Gasteiger partial charge in [-0.3, -0.25) is 10.1 Å². The highest BCUT2D eigenvalue weighted by Crippen LogP contribution is 2.33. The van der Waals surface area contributed by atoms with Crippen molar-refractivity contribution in [2.75, 3.05) is 18.5 Å². The van der Waals surface area contributed by atoms with Gasteiger partial charge in [-0.25, -0.2) is 9.97 Å². The number of hydrogen-bond donors (Lipinski definition) is 3. The van der Waals surface area contributed by atoms with Gasteiger partial charge in [-0.2, -0.15) is 13.2 Å². The number of nitrogens with zero attached hydrogens (tertiary/aromatic N) is 2. The molecule has 2 rings (SSSR count). The number of nitrogens with one attached hydrogen (secondary N) is 2. The van der Waals surface area contributed by atoms with Crippen molar-refractivity contribution < 1.29 is 27.8 Å². The Morgan fingerprint density at radius 1 is 1.36 bits per heavy atom. The summed E-state index contributed by atoms with van der Waals surface area (Å²) in [5, 5.41) is 15.2. The molecule has 28 heavy (non-hydrogen) atoms. The van der Waals surface area contributed by atoms with E-state index in [-0.39, 0.29) is 23.4 Å². The monoisotopic (exact) mass is 418 g/mol. The van der Waals surface area contributed by atoms with Gasteiger partial charge in [-0.15, -0.1) is 0 Å². The minimum Gasteiger partial charge on any atom is -0.477 e. The van der Waals surface area contributed by atoms with Crippen LogP contribution in [0.3, 0.4) is 0 Å². The fourth-order valence-corrected chi connectivity index (χ4v) is 2.37. The van der Waals surface area contributed by atoms with Crippen LogP contribution in [0.25, 0.3) is 0 Å². The van der Waals surface area contributed by atoms with E-state index in [1.54, 1.807) is 6.07 Å². The molecule has 0 aromatic carbocycles. The van der Waals surface area contributed by atoms with E-state index >= 15 is 0 Å². The van der Waals surface area contributed by atoms with Gasteiger partial charge in [0.05, 0.1) is 12.2 Å². The summed E-state index contributed by atoms with van der Waals surface area (Å²) < 4.78 is 42.9. The third kappa shape index (κ3) is 6.63. The van der Waals surface area contributed by atoms with Crippen LogP contribution >= 0.6 is 11.6 Å². The van der Waals surface area contributed by atoms with Crippen LogP contribution in [-0.2, 0) is 11.0 Å². The summed E-state index contributed by atoms with van der Waals surface area (Å²) in [7, 11) is 0. The zero-order chi connectivity index (χ0) is 20.7. The van der Waals surface area contributed by atoms with Crippen LogP contribution in [0.15, 0.2) is 30.6 Å². The maximum absolute atomic E-state index is 12.6. The number of ether oxygens (including phenoxy) is 1. The topological polar surface area (TPSA) is 96.4 Å². The van der Waals surface area contributed by atoms with Gasteiger partial charge in [0, 0.05) is 31.4 Å². The summed E-state index contributed by atoms with van der Waals surface area (Å²) in [6, 6.07) is 3.87. The Morgan fingerprint density at radius 2 is 2.11 bits per heavy atom. The average Bonchev–Trinajstić information content (AvgIpc) is 2.61. The Labute approximate surface area is 163 Å². The second-order valence-electron chi connectivity index (χ2n) is 5.72. The molecule has 1 unspecified atom stereocenters. The number of carbonyl (C=O) groups is 1. The summed E-state index contributed by atoms with van der Waals surface area (Å²) in [5.41, 5.74) is -0.447. The first-order chi connectivity index (χ1) is 13.2. The molecule has 0 bridgehead atoms. The van der Waals surface area contributed by atoms with Crippen LogP contribution in [0, 0.1) is 0 Å². The number of rotatable bonds is 8. The fraction of sp³-hybridized carbons (Fsp3) is 0.353. The standard InChI is InChI=1S/C17H18ClF3N4O3/c1-10(26)25-14-7-11(3-5-22-14)15(27)23-4-2-6-28-16-13(18)8-12(9-24-16)17(19,20)21/h3,5,7-9,15,23,27H,2,4,6H2,1H3,(H,22,25,26). The van der Waals surface area contributed by atoms with E-state index in [1.807, 2.05) is 0 Å². The molecule has 1 amide bonds. The first-order valence-electron chi connectivity index (χ1n) is 8.17. The first-order valence-corrected chi connectivity index (χ1v) is 8.55. The van der Waals surface area contributed by atoms with Crippen molar-refractivity contribution in [3.05, 3.63) is 46.7 Å². The molecule has 0 fully saturated rings. The van der Waals surface area contributed by atoms with Gasteiger partial charge in [0.1, 0.15) is 17.1 Å². The highest BCUT2D eigenvalue weighted by atomic mass is 35.5. The molecule has 7 nitrogen and oxygen atoms in total. The van der Waals surface area contributed by atoms with E-state index in [2.05, 4.69) is 20.6 Å². The molecule has 0 spiro atoms. The zero-order valence-electron chi connectivity index (χ0n) is 14.8. The minimum absolute atomic E-state index is 0.0932.